The van der Waals surface area contributed by atoms with Crippen LogP contribution in [0.1, 0.15) is 91.8 Å². The molecule has 2 atom stereocenters. The Bertz CT molecular complexity index is 1940. The van der Waals surface area contributed by atoms with Gasteiger partial charge in [0.1, 0.15) is 17.9 Å². The van der Waals surface area contributed by atoms with Gasteiger partial charge in [-0.05, 0) is 71.8 Å². The first-order chi connectivity index (χ1) is 26.7. The molecule has 1 aliphatic carbocycles. The molecular formula is C40H56N8O7S. The van der Waals surface area contributed by atoms with E-state index < -0.39 is 16.8 Å². The fourth-order valence-electron chi connectivity index (χ4n) is 7.49. The summed E-state index contributed by atoms with van der Waals surface area (Å²) in [5.41, 5.74) is 7.71. The number of para-hydroxylation sites is 1. The van der Waals surface area contributed by atoms with Crippen molar-refractivity contribution in [2.24, 2.45) is 11.8 Å². The van der Waals surface area contributed by atoms with Crippen LogP contribution in [0, 0.1) is 11.8 Å². The standard InChI is InChI=1S/C40H56N8O7S/c1-6-8-13-29(49)24(3)43-33(51)22-56-30-18-34(52)47(39(30)54)20-25-14-16-26(17-15-25)38(53)42-19-32(50)46-40(4,5)23-48-31(21-55-7-2)45-35-36(48)27-11-9-10-12-28(27)44-37(35)41/h9-12,24-26,30H,6-8,13-23H2,1-5H3,(H2,41,44)(H,42,53)(H,43,51)(H,46,50)/t24-,25?,26?,30?/m1/s1. The summed E-state index contributed by atoms with van der Waals surface area (Å²) >= 11 is 1.12. The second-order valence-electron chi connectivity index (χ2n) is 15.5. The number of nitrogen functional groups attached to an aromatic ring is 1. The van der Waals surface area contributed by atoms with Crippen molar-refractivity contribution < 1.29 is 33.5 Å². The van der Waals surface area contributed by atoms with Gasteiger partial charge in [-0.2, -0.15) is 0 Å². The lowest BCUT2D eigenvalue weighted by Crippen LogP contribution is -2.50. The number of pyridine rings is 1. The fraction of sp³-hybridized carbons (Fsp3) is 0.600. The zero-order chi connectivity index (χ0) is 40.6. The number of nitrogens with zero attached hydrogens (tertiary/aromatic N) is 4. The number of imide groups is 1. The molecular weight excluding hydrogens is 737 g/mol. The maximum absolute atomic E-state index is 13.2. The number of benzene rings is 1. The molecule has 3 heterocycles. The molecule has 5 amide bonds. The summed E-state index contributed by atoms with van der Waals surface area (Å²) in [4.78, 5) is 87.4. The summed E-state index contributed by atoms with van der Waals surface area (Å²) in [5, 5.41) is 8.81. The number of anilines is 1. The van der Waals surface area contributed by atoms with Crippen LogP contribution >= 0.6 is 11.8 Å². The van der Waals surface area contributed by atoms with Crippen LogP contribution in [0.5, 0.6) is 0 Å². The summed E-state index contributed by atoms with van der Waals surface area (Å²) in [6, 6.07) is 7.10. The number of rotatable bonds is 19. The lowest BCUT2D eigenvalue weighted by atomic mass is 9.81. The summed E-state index contributed by atoms with van der Waals surface area (Å²) < 4.78 is 7.74. The van der Waals surface area contributed by atoms with Gasteiger partial charge in [-0.15, -0.1) is 11.8 Å². The second kappa shape index (κ2) is 19.0. The number of aromatic nitrogens is 3. The molecule has 1 aromatic carbocycles. The van der Waals surface area contributed by atoms with Crippen LogP contribution in [0.4, 0.5) is 5.82 Å². The van der Waals surface area contributed by atoms with Crippen molar-refractivity contribution in [3.8, 4) is 0 Å². The van der Waals surface area contributed by atoms with Gasteiger partial charge < -0.3 is 31.0 Å². The Morgan fingerprint density at radius 3 is 2.50 bits per heavy atom. The number of carbonyl (C=O) groups is 6. The molecule has 2 aliphatic rings. The molecule has 2 aromatic heterocycles. The predicted octanol–water partition coefficient (Wildman–Crippen LogP) is 3.65. The first-order valence-electron chi connectivity index (χ1n) is 19.7. The van der Waals surface area contributed by atoms with Crippen molar-refractivity contribution in [1.82, 2.24) is 35.4 Å². The zero-order valence-corrected chi connectivity index (χ0v) is 34.0. The van der Waals surface area contributed by atoms with Crippen LogP contribution in [0.15, 0.2) is 24.3 Å². The summed E-state index contributed by atoms with van der Waals surface area (Å²) in [5.74, 6) is -0.690. The van der Waals surface area contributed by atoms with E-state index >= 15 is 0 Å². The number of imidazole rings is 1. The smallest absolute Gasteiger partial charge is 0.242 e. The number of ketones is 1. The van der Waals surface area contributed by atoms with Gasteiger partial charge in [0, 0.05) is 43.8 Å². The maximum Gasteiger partial charge on any atom is 0.242 e. The normalized spacial score (nSPS) is 19.4. The molecule has 5 N–H and O–H groups in total. The molecule has 304 valence electrons. The van der Waals surface area contributed by atoms with Crippen molar-refractivity contribution in [2.75, 3.05) is 31.2 Å². The van der Waals surface area contributed by atoms with Crippen LogP contribution in [0.25, 0.3) is 21.9 Å². The van der Waals surface area contributed by atoms with Gasteiger partial charge in [-0.1, -0.05) is 31.5 Å². The van der Waals surface area contributed by atoms with E-state index in [1.54, 1.807) is 6.92 Å². The number of fused-ring (bicyclic) bond motifs is 3. The molecule has 15 nitrogen and oxygen atoms in total. The Labute approximate surface area is 332 Å². The van der Waals surface area contributed by atoms with Crippen LogP contribution in [0.3, 0.4) is 0 Å². The van der Waals surface area contributed by atoms with Gasteiger partial charge >= 0.3 is 0 Å². The number of ether oxygens (including phenoxy) is 1. The van der Waals surface area contributed by atoms with E-state index in [9.17, 15) is 28.8 Å². The Kier molecular flexibility index (Phi) is 14.5. The number of thioether (sulfide) groups is 1. The van der Waals surface area contributed by atoms with Gasteiger partial charge in [-0.25, -0.2) is 9.97 Å². The predicted molar refractivity (Wildman–Crippen MR) is 215 cm³/mol. The Hall–Kier alpha value is -4.57. The van der Waals surface area contributed by atoms with Crippen LogP contribution in [0.2, 0.25) is 0 Å². The van der Waals surface area contributed by atoms with E-state index in [2.05, 4.69) is 20.9 Å². The van der Waals surface area contributed by atoms with Crippen molar-refractivity contribution in [1.29, 1.82) is 0 Å². The van der Waals surface area contributed by atoms with E-state index in [0.717, 1.165) is 41.0 Å². The summed E-state index contributed by atoms with van der Waals surface area (Å²) in [6.07, 6.45) is 4.60. The number of nitrogens with one attached hydrogen (secondary N) is 3. The van der Waals surface area contributed by atoms with Gasteiger partial charge in [0.05, 0.1) is 40.2 Å². The van der Waals surface area contributed by atoms with Crippen molar-refractivity contribution in [3.05, 3.63) is 30.1 Å². The highest BCUT2D eigenvalue weighted by Gasteiger charge is 2.41. The summed E-state index contributed by atoms with van der Waals surface area (Å²) in [7, 11) is 0. The monoisotopic (exact) mass is 792 g/mol. The third-order valence-electron chi connectivity index (χ3n) is 10.5. The number of hydrogen-bond acceptors (Lipinski definition) is 11. The third-order valence-corrected chi connectivity index (χ3v) is 11.7. The molecule has 1 saturated carbocycles. The highest BCUT2D eigenvalue weighted by Crippen LogP contribution is 2.33. The molecule has 16 heteroatoms. The Morgan fingerprint density at radius 1 is 1.05 bits per heavy atom. The minimum atomic E-state index is -0.741. The lowest BCUT2D eigenvalue weighted by Gasteiger charge is -2.30. The molecule has 5 rings (SSSR count). The average Bonchev–Trinajstić information content (AvgIpc) is 3.65. The topological polar surface area (TPSA) is 208 Å². The largest absolute Gasteiger partial charge is 0.382 e. The van der Waals surface area contributed by atoms with Crippen molar-refractivity contribution in [3.63, 3.8) is 0 Å². The SMILES string of the molecule is CCCCC(=O)[C@@H](C)NC(=O)CSC1CC(=O)N(CC2CCC(C(=O)NCC(=O)NC(C)(C)Cn3c(COCC)nc4c(N)nc5ccccc5c43)CC2)C1=O. The number of amides is 5. The average molecular weight is 793 g/mol. The minimum absolute atomic E-state index is 0.0131. The van der Waals surface area contributed by atoms with Gasteiger partial charge in [0.2, 0.25) is 29.5 Å². The Balaban J connectivity index is 1.07. The molecule has 3 aromatic rings. The molecule has 0 bridgehead atoms. The molecule has 1 unspecified atom stereocenters. The van der Waals surface area contributed by atoms with Crippen LogP contribution in [-0.2, 0) is 46.7 Å². The minimum Gasteiger partial charge on any atom is -0.382 e. The third kappa shape index (κ3) is 10.6. The second-order valence-corrected chi connectivity index (χ2v) is 16.7. The molecule has 0 radical (unpaired) electrons. The number of Topliss-reactive ketones (excluding diaryl/α,β-unsaturated/α-hetero) is 1. The quantitative estimate of drug-likeness (QED) is 0.129. The van der Waals surface area contributed by atoms with Crippen LogP contribution in [-0.4, -0.2) is 97.0 Å². The zero-order valence-electron chi connectivity index (χ0n) is 33.2. The van der Waals surface area contributed by atoms with Gasteiger partial charge in [0.25, 0.3) is 0 Å². The van der Waals surface area contributed by atoms with Gasteiger partial charge in [-0.3, -0.25) is 33.7 Å². The Morgan fingerprint density at radius 2 is 1.79 bits per heavy atom. The number of nitrogens with two attached hydrogens (primary N) is 1. The lowest BCUT2D eigenvalue weighted by molar-refractivity contribution is -0.139. The number of unbranched alkanes of at least 4 members (excludes halogenated alkanes) is 1. The fourth-order valence-corrected chi connectivity index (χ4v) is 8.46. The van der Waals surface area contributed by atoms with Crippen LogP contribution < -0.4 is 21.7 Å². The van der Waals surface area contributed by atoms with Crippen molar-refractivity contribution >= 4 is 74.8 Å². The maximum atomic E-state index is 13.2. The van der Waals surface area contributed by atoms with E-state index in [-0.39, 0.29) is 79.0 Å². The van der Waals surface area contributed by atoms with E-state index in [0.29, 0.717) is 62.4 Å². The molecule has 1 aliphatic heterocycles. The highest BCUT2D eigenvalue weighted by atomic mass is 32.2. The first kappa shape index (κ1) is 42.6. The van der Waals surface area contributed by atoms with E-state index in [4.69, 9.17) is 15.5 Å². The number of carbonyl (C=O) groups excluding carboxylic acids is 6. The molecule has 1 saturated heterocycles. The molecule has 0 spiro atoms. The highest BCUT2D eigenvalue weighted by molar-refractivity contribution is 8.01. The van der Waals surface area contributed by atoms with E-state index in [1.165, 1.54) is 4.90 Å². The first-order valence-corrected chi connectivity index (χ1v) is 20.7. The number of likely N-dealkylation sites (tertiary alicyclic amines) is 1. The molecule has 56 heavy (non-hydrogen) atoms. The van der Waals surface area contributed by atoms with E-state index in [1.807, 2.05) is 56.5 Å². The number of hydrogen-bond donors (Lipinski definition) is 4. The summed E-state index contributed by atoms with van der Waals surface area (Å²) in [6.45, 7) is 10.6. The molecule has 2 fully saturated rings. The van der Waals surface area contributed by atoms with Gasteiger partial charge in [0.15, 0.2) is 11.6 Å². The van der Waals surface area contributed by atoms with Crippen molar-refractivity contribution in [2.45, 2.75) is 116 Å².